The number of Topliss-reactive ketones (excluding diaryl/α,β-unsaturated/α-hetero) is 1. The Balaban J connectivity index is 2.72. The number of ketones is 1. The van der Waals surface area contributed by atoms with Gasteiger partial charge >= 0.3 is 12.1 Å². The van der Waals surface area contributed by atoms with Crippen LogP contribution in [-0.2, 0) is 42.7 Å². The monoisotopic (exact) mass is 746 g/mol. The van der Waals surface area contributed by atoms with Crippen molar-refractivity contribution >= 4 is 17.8 Å². The van der Waals surface area contributed by atoms with Crippen molar-refractivity contribution in [2.75, 3.05) is 41.5 Å². The van der Waals surface area contributed by atoms with Crippen LogP contribution in [0, 0.1) is 23.7 Å². The van der Waals surface area contributed by atoms with Crippen LogP contribution in [0.3, 0.4) is 0 Å². The predicted octanol–water partition coefficient (Wildman–Crippen LogP) is 3.72. The summed E-state index contributed by atoms with van der Waals surface area (Å²) in [6.07, 6.45) is -5.90. The summed E-state index contributed by atoms with van der Waals surface area (Å²) in [7, 11) is 6.66. The maximum atomic E-state index is 14.1. The molecule has 2 aliphatic heterocycles. The Kier molecular flexibility index (Phi) is 17.9. The number of ether oxygens (including phenoxy) is 7. The lowest BCUT2D eigenvalue weighted by Crippen LogP contribution is -2.61. The van der Waals surface area contributed by atoms with Crippen molar-refractivity contribution in [2.24, 2.45) is 23.7 Å². The number of nitrogens with zero attached hydrogens (tertiary/aromatic N) is 1. The lowest BCUT2D eigenvalue weighted by Gasteiger charge is -2.48. The van der Waals surface area contributed by atoms with Crippen molar-refractivity contribution in [3.05, 3.63) is 0 Å². The van der Waals surface area contributed by atoms with Gasteiger partial charge in [0.05, 0.1) is 35.9 Å². The molecule has 0 aromatic heterocycles. The fraction of sp³-hybridized carbons (Fsp3) is 0.921. The summed E-state index contributed by atoms with van der Waals surface area (Å²) in [5.74, 6) is -4.20. The van der Waals surface area contributed by atoms with E-state index < -0.39 is 83.7 Å². The number of carbonyl (C=O) groups excluding carboxylic acids is 3. The molecule has 2 rings (SSSR count). The third kappa shape index (κ3) is 11.5. The van der Waals surface area contributed by atoms with Gasteiger partial charge in [0.2, 0.25) is 0 Å². The molecule has 3 N–H and O–H groups in total. The van der Waals surface area contributed by atoms with E-state index in [1.165, 1.54) is 21.1 Å². The molecule has 0 aliphatic carbocycles. The van der Waals surface area contributed by atoms with Crippen LogP contribution < -0.4 is 5.32 Å². The van der Waals surface area contributed by atoms with Gasteiger partial charge in [-0.05, 0) is 81.3 Å². The number of aliphatic hydroxyl groups is 2. The average Bonchev–Trinajstić information content (AvgIpc) is 3.07. The molecule has 0 saturated carbocycles. The van der Waals surface area contributed by atoms with Gasteiger partial charge in [-0.25, -0.2) is 4.79 Å². The zero-order chi connectivity index (χ0) is 39.7. The number of hydrogen-bond donors (Lipinski definition) is 3. The van der Waals surface area contributed by atoms with Crippen LogP contribution in [-0.4, -0.2) is 141 Å². The van der Waals surface area contributed by atoms with E-state index in [0.717, 1.165) is 0 Å². The lowest BCUT2D eigenvalue weighted by atomic mass is 9.73. The third-order valence-electron chi connectivity index (χ3n) is 11.0. The standard InChI is InChI=1S/C38H70N2O12/c1-15-28-38(10,45)33(46-13)24(6)29(41)22(4)20-37(9,47-14)32(52-35-30(42)27(40(11)12)19-23(5)49-35)25(7)31(26(8)34(43)50-28)51-36(44)39-17-16-18-48-21(2)3/h21-28,30-33,35,42,45H,15-20H2,1-14H3,(H,39,44)/t22-,23-,24-,25+,26-,27+,28-,30-,31+,32-,33-,35+,37-,38-/m1/s1. The maximum Gasteiger partial charge on any atom is 0.407 e. The maximum absolute atomic E-state index is 14.1. The van der Waals surface area contributed by atoms with Gasteiger partial charge in [0.1, 0.15) is 29.7 Å². The van der Waals surface area contributed by atoms with E-state index in [0.29, 0.717) is 19.4 Å². The van der Waals surface area contributed by atoms with Gasteiger partial charge in [-0.1, -0.05) is 27.7 Å². The van der Waals surface area contributed by atoms with Gasteiger partial charge in [-0.15, -0.1) is 0 Å². The molecule has 0 spiro atoms. The highest BCUT2D eigenvalue weighted by molar-refractivity contribution is 5.83. The molecule has 0 radical (unpaired) electrons. The van der Waals surface area contributed by atoms with E-state index in [-0.39, 0.29) is 43.4 Å². The fourth-order valence-electron chi connectivity index (χ4n) is 7.96. The summed E-state index contributed by atoms with van der Waals surface area (Å²) >= 11 is 0. The Hall–Kier alpha value is -1.91. The molecule has 304 valence electrons. The second kappa shape index (κ2) is 20.1. The zero-order valence-electron chi connectivity index (χ0n) is 34.2. The first-order chi connectivity index (χ1) is 24.2. The summed E-state index contributed by atoms with van der Waals surface area (Å²) in [5.41, 5.74) is -3.00. The topological polar surface area (TPSA) is 172 Å². The summed E-state index contributed by atoms with van der Waals surface area (Å²) in [4.78, 5) is 43.5. The molecule has 2 fully saturated rings. The largest absolute Gasteiger partial charge is 0.459 e. The van der Waals surface area contributed by atoms with Gasteiger partial charge in [0.25, 0.3) is 0 Å². The van der Waals surface area contributed by atoms with Crippen LogP contribution in [0.1, 0.15) is 94.9 Å². The quantitative estimate of drug-likeness (QED) is 0.195. The molecule has 0 unspecified atom stereocenters. The average molecular weight is 747 g/mol. The van der Waals surface area contributed by atoms with Crippen LogP contribution >= 0.6 is 0 Å². The summed E-state index contributed by atoms with van der Waals surface area (Å²) < 4.78 is 42.6. The van der Waals surface area contributed by atoms with E-state index in [9.17, 15) is 24.6 Å². The number of rotatable bonds is 12. The van der Waals surface area contributed by atoms with Crippen molar-refractivity contribution in [2.45, 2.75) is 161 Å². The van der Waals surface area contributed by atoms with Gasteiger partial charge in [0, 0.05) is 51.2 Å². The molecule has 14 nitrogen and oxygen atoms in total. The number of alkyl carbamates (subject to hydrolysis) is 1. The molecule has 0 bridgehead atoms. The van der Waals surface area contributed by atoms with E-state index in [1.54, 1.807) is 41.5 Å². The highest BCUT2D eigenvalue weighted by atomic mass is 16.7. The lowest BCUT2D eigenvalue weighted by molar-refractivity contribution is -0.301. The van der Waals surface area contributed by atoms with E-state index in [4.69, 9.17) is 33.2 Å². The van der Waals surface area contributed by atoms with Crippen LogP contribution in [0.5, 0.6) is 0 Å². The summed E-state index contributed by atoms with van der Waals surface area (Å²) in [6.45, 7) is 18.4. The number of hydrogen-bond acceptors (Lipinski definition) is 13. The normalized spacial score (nSPS) is 40.0. The molecule has 2 aliphatic rings. The molecule has 0 aromatic rings. The first-order valence-electron chi connectivity index (χ1n) is 18.9. The zero-order valence-corrected chi connectivity index (χ0v) is 34.2. The number of nitrogens with one attached hydrogen (secondary N) is 1. The molecule has 14 heteroatoms. The number of methoxy groups -OCH3 is 2. The van der Waals surface area contributed by atoms with E-state index in [2.05, 4.69) is 5.32 Å². The van der Waals surface area contributed by atoms with Gasteiger partial charge in [-0.3, -0.25) is 9.59 Å². The highest BCUT2D eigenvalue weighted by Crippen LogP contribution is 2.40. The Morgan fingerprint density at radius 3 is 2.23 bits per heavy atom. The first-order valence-corrected chi connectivity index (χ1v) is 18.9. The number of cyclic esters (lactones) is 1. The Morgan fingerprint density at radius 2 is 1.69 bits per heavy atom. The van der Waals surface area contributed by atoms with Gasteiger partial charge in [-0.2, -0.15) is 0 Å². The molecule has 14 atom stereocenters. The fourth-order valence-corrected chi connectivity index (χ4v) is 7.96. The predicted molar refractivity (Wildman–Crippen MR) is 195 cm³/mol. The number of esters is 1. The molecular weight excluding hydrogens is 676 g/mol. The second-order valence-corrected chi connectivity index (χ2v) is 15.9. The van der Waals surface area contributed by atoms with E-state index >= 15 is 0 Å². The highest BCUT2D eigenvalue weighted by Gasteiger charge is 2.53. The molecule has 52 heavy (non-hydrogen) atoms. The van der Waals surface area contributed by atoms with Crippen LogP contribution in [0.2, 0.25) is 0 Å². The van der Waals surface area contributed by atoms with Crippen molar-refractivity contribution in [1.29, 1.82) is 0 Å². The summed E-state index contributed by atoms with van der Waals surface area (Å²) in [6, 6.07) is -0.283. The molecular formula is C38H70N2O12. The Bertz CT molecular complexity index is 1140. The van der Waals surface area contributed by atoms with Crippen molar-refractivity contribution in [3.8, 4) is 0 Å². The van der Waals surface area contributed by atoms with Gasteiger partial charge < -0.3 is 53.6 Å². The van der Waals surface area contributed by atoms with Crippen LogP contribution in [0.25, 0.3) is 0 Å². The third-order valence-corrected chi connectivity index (χ3v) is 11.0. The minimum absolute atomic E-state index is 0.0483. The second-order valence-electron chi connectivity index (χ2n) is 15.9. The molecule has 2 saturated heterocycles. The summed E-state index contributed by atoms with van der Waals surface area (Å²) in [5, 5.41) is 26.1. The number of aliphatic hydroxyl groups excluding tert-OH is 1. The number of likely N-dealkylation sites (N-methyl/N-ethyl adjacent to an activating group) is 1. The Labute approximate surface area is 311 Å². The van der Waals surface area contributed by atoms with Crippen molar-refractivity contribution in [1.82, 2.24) is 10.2 Å². The molecule has 1 amide bonds. The van der Waals surface area contributed by atoms with E-state index in [1.807, 2.05) is 39.8 Å². The first kappa shape index (κ1) is 46.2. The number of amides is 1. The Morgan fingerprint density at radius 1 is 1.06 bits per heavy atom. The molecule has 2 heterocycles. The minimum atomic E-state index is -1.75. The molecule has 0 aromatic carbocycles. The van der Waals surface area contributed by atoms with Gasteiger partial charge in [0.15, 0.2) is 6.29 Å². The van der Waals surface area contributed by atoms with Crippen LogP contribution in [0.15, 0.2) is 0 Å². The minimum Gasteiger partial charge on any atom is -0.459 e. The van der Waals surface area contributed by atoms with Crippen molar-refractivity contribution in [3.63, 3.8) is 0 Å². The number of carbonyl (C=O) groups is 3. The smallest absolute Gasteiger partial charge is 0.407 e. The van der Waals surface area contributed by atoms with Crippen molar-refractivity contribution < 1.29 is 57.8 Å². The SMILES string of the molecule is CC[C@H]1OC(=O)[C@H](C)[C@@H](OC(=O)NCCCOC(C)C)[C@H](C)[C@@H](O[C@@H]2O[C@H](C)C[C@H](N(C)C)[C@H]2O)[C@](C)(OC)C[C@@H](C)C(=O)[C@@H](C)[C@@H](OC)[C@]1(C)O. The van der Waals surface area contributed by atoms with Crippen LogP contribution in [0.4, 0.5) is 4.79 Å².